The molecule has 1 aliphatic carbocycles. The van der Waals surface area contributed by atoms with Crippen LogP contribution in [0.1, 0.15) is 30.3 Å². The standard InChI is InChI=1S/C16H20N2O2S/c1-2-21-14-7-8-16(14,20)10-17-15(19)13-9-11-5-3-4-6-12(11)18-13/h3-6,9,14,18,20H,2,7-8,10H2,1H3,(H,17,19). The predicted molar refractivity (Wildman–Crippen MR) is 86.7 cm³/mol. The first kappa shape index (κ1) is 14.5. The van der Waals surface area contributed by atoms with E-state index < -0.39 is 5.60 Å². The van der Waals surface area contributed by atoms with Gasteiger partial charge >= 0.3 is 0 Å². The van der Waals surface area contributed by atoms with E-state index >= 15 is 0 Å². The number of nitrogens with one attached hydrogen (secondary N) is 2. The van der Waals surface area contributed by atoms with Gasteiger partial charge in [-0.05, 0) is 30.7 Å². The summed E-state index contributed by atoms with van der Waals surface area (Å²) < 4.78 is 0. The van der Waals surface area contributed by atoms with Crippen molar-refractivity contribution in [2.24, 2.45) is 0 Å². The lowest BCUT2D eigenvalue weighted by Gasteiger charge is -2.45. The Morgan fingerprint density at radius 1 is 1.52 bits per heavy atom. The van der Waals surface area contributed by atoms with Crippen molar-refractivity contribution in [2.45, 2.75) is 30.6 Å². The lowest BCUT2D eigenvalue weighted by Crippen LogP contribution is -2.57. The van der Waals surface area contributed by atoms with Crippen molar-refractivity contribution >= 4 is 28.6 Å². The van der Waals surface area contributed by atoms with Gasteiger partial charge in [0, 0.05) is 22.7 Å². The number of fused-ring (bicyclic) bond motifs is 1. The fourth-order valence-electron chi connectivity index (χ4n) is 2.76. The number of benzene rings is 1. The highest BCUT2D eigenvalue weighted by atomic mass is 32.2. The topological polar surface area (TPSA) is 65.1 Å². The van der Waals surface area contributed by atoms with Crippen LogP contribution in [-0.4, -0.2) is 39.1 Å². The average Bonchev–Trinajstić information content (AvgIpc) is 2.93. The molecule has 112 valence electrons. The van der Waals surface area contributed by atoms with Gasteiger partial charge in [-0.1, -0.05) is 25.1 Å². The molecular formula is C16H20N2O2S. The van der Waals surface area contributed by atoms with E-state index in [9.17, 15) is 9.90 Å². The fraction of sp³-hybridized carbons (Fsp3) is 0.438. The monoisotopic (exact) mass is 304 g/mol. The van der Waals surface area contributed by atoms with Crippen molar-refractivity contribution in [3.05, 3.63) is 36.0 Å². The number of aromatic nitrogens is 1. The van der Waals surface area contributed by atoms with E-state index in [1.165, 1.54) is 0 Å². The molecule has 5 heteroatoms. The maximum absolute atomic E-state index is 12.2. The number of aromatic amines is 1. The number of para-hydroxylation sites is 1. The summed E-state index contributed by atoms with van der Waals surface area (Å²) in [5.41, 5.74) is 0.741. The molecule has 0 spiro atoms. The Hall–Kier alpha value is -1.46. The van der Waals surface area contributed by atoms with Crippen LogP contribution < -0.4 is 5.32 Å². The number of hydrogen-bond donors (Lipinski definition) is 3. The summed E-state index contributed by atoms with van der Waals surface area (Å²) in [6.45, 7) is 2.41. The maximum atomic E-state index is 12.2. The van der Waals surface area contributed by atoms with Crippen LogP contribution in [-0.2, 0) is 0 Å². The van der Waals surface area contributed by atoms with Gasteiger partial charge in [-0.25, -0.2) is 0 Å². The number of H-pyrrole nitrogens is 1. The number of carbonyl (C=O) groups is 1. The van der Waals surface area contributed by atoms with Gasteiger partial charge < -0.3 is 15.4 Å². The average molecular weight is 304 g/mol. The van der Waals surface area contributed by atoms with Gasteiger partial charge in [0.15, 0.2) is 0 Å². The Morgan fingerprint density at radius 3 is 3.00 bits per heavy atom. The number of thioether (sulfide) groups is 1. The smallest absolute Gasteiger partial charge is 0.267 e. The third kappa shape index (κ3) is 2.80. The highest BCUT2D eigenvalue weighted by Gasteiger charge is 2.45. The minimum atomic E-state index is -0.748. The van der Waals surface area contributed by atoms with Crippen LogP contribution >= 0.6 is 11.8 Å². The van der Waals surface area contributed by atoms with Crippen LogP contribution in [0.3, 0.4) is 0 Å². The van der Waals surface area contributed by atoms with Gasteiger partial charge in [0.05, 0.1) is 5.60 Å². The van der Waals surface area contributed by atoms with Crippen LogP contribution in [0, 0.1) is 0 Å². The first-order chi connectivity index (χ1) is 10.1. The summed E-state index contributed by atoms with van der Waals surface area (Å²) in [6.07, 6.45) is 1.79. The van der Waals surface area contributed by atoms with Gasteiger partial charge in [-0.2, -0.15) is 11.8 Å². The first-order valence-electron chi connectivity index (χ1n) is 7.32. The third-order valence-corrected chi connectivity index (χ3v) is 5.55. The zero-order valence-electron chi connectivity index (χ0n) is 12.1. The lowest BCUT2D eigenvalue weighted by molar-refractivity contribution is -0.0222. The van der Waals surface area contributed by atoms with E-state index in [0.29, 0.717) is 12.2 Å². The highest BCUT2D eigenvalue weighted by molar-refractivity contribution is 8.00. The number of carbonyl (C=O) groups excluding carboxylic acids is 1. The number of rotatable bonds is 5. The SMILES string of the molecule is CCSC1CCC1(O)CNC(=O)c1cc2ccccc2[nH]1. The zero-order chi connectivity index (χ0) is 14.9. The molecule has 21 heavy (non-hydrogen) atoms. The molecule has 1 aromatic heterocycles. The molecule has 3 N–H and O–H groups in total. The van der Waals surface area contributed by atoms with Crippen LogP contribution in [0.15, 0.2) is 30.3 Å². The molecule has 1 amide bonds. The lowest BCUT2D eigenvalue weighted by atomic mass is 9.79. The molecule has 1 aromatic carbocycles. The van der Waals surface area contributed by atoms with Crippen molar-refractivity contribution in [3.8, 4) is 0 Å². The molecule has 0 radical (unpaired) electrons. The molecule has 4 nitrogen and oxygen atoms in total. The fourth-order valence-corrected chi connectivity index (χ4v) is 3.96. The Bertz CT molecular complexity index is 622. The van der Waals surface area contributed by atoms with Gasteiger partial charge in [-0.15, -0.1) is 0 Å². The summed E-state index contributed by atoms with van der Waals surface area (Å²) in [5.74, 6) is 0.829. The molecule has 2 atom stereocenters. The van der Waals surface area contributed by atoms with Crippen molar-refractivity contribution in [1.29, 1.82) is 0 Å². The van der Waals surface area contributed by atoms with E-state index in [4.69, 9.17) is 0 Å². The Morgan fingerprint density at radius 2 is 2.33 bits per heavy atom. The van der Waals surface area contributed by atoms with E-state index in [1.807, 2.05) is 30.3 Å². The molecule has 1 heterocycles. The predicted octanol–water partition coefficient (Wildman–Crippen LogP) is 2.54. The normalized spacial score (nSPS) is 24.8. The largest absolute Gasteiger partial charge is 0.387 e. The summed E-state index contributed by atoms with van der Waals surface area (Å²) in [5, 5.41) is 14.6. The maximum Gasteiger partial charge on any atom is 0.267 e. The van der Waals surface area contributed by atoms with Gasteiger partial charge in [-0.3, -0.25) is 4.79 Å². The summed E-state index contributed by atoms with van der Waals surface area (Å²) >= 11 is 1.77. The second kappa shape index (κ2) is 5.73. The Labute approximate surface area is 128 Å². The molecule has 1 saturated carbocycles. The van der Waals surface area contributed by atoms with E-state index in [0.717, 1.165) is 29.5 Å². The number of aliphatic hydroxyl groups is 1. The summed E-state index contributed by atoms with van der Waals surface area (Å²) in [6, 6.07) is 9.63. The summed E-state index contributed by atoms with van der Waals surface area (Å²) in [7, 11) is 0. The van der Waals surface area contributed by atoms with Crippen LogP contribution in [0.5, 0.6) is 0 Å². The molecule has 1 aliphatic rings. The molecule has 3 rings (SSSR count). The minimum absolute atomic E-state index is 0.160. The quantitative estimate of drug-likeness (QED) is 0.795. The van der Waals surface area contributed by atoms with Gasteiger partial charge in [0.1, 0.15) is 5.69 Å². The van der Waals surface area contributed by atoms with E-state index in [1.54, 1.807) is 11.8 Å². The summed E-state index contributed by atoms with van der Waals surface area (Å²) in [4.78, 5) is 15.3. The molecule has 2 unspecified atom stereocenters. The highest BCUT2D eigenvalue weighted by Crippen LogP contribution is 2.40. The number of amides is 1. The third-order valence-electron chi connectivity index (χ3n) is 4.14. The molecular weight excluding hydrogens is 284 g/mol. The first-order valence-corrected chi connectivity index (χ1v) is 8.37. The van der Waals surface area contributed by atoms with Crippen molar-refractivity contribution in [2.75, 3.05) is 12.3 Å². The van der Waals surface area contributed by atoms with Gasteiger partial charge in [0.2, 0.25) is 0 Å². The van der Waals surface area contributed by atoms with Crippen molar-refractivity contribution < 1.29 is 9.90 Å². The van der Waals surface area contributed by atoms with E-state index in [2.05, 4.69) is 17.2 Å². The van der Waals surface area contributed by atoms with Crippen molar-refractivity contribution in [3.63, 3.8) is 0 Å². The zero-order valence-corrected chi connectivity index (χ0v) is 12.9. The second-order valence-electron chi connectivity index (χ2n) is 5.54. The second-order valence-corrected chi connectivity index (χ2v) is 7.02. The Balaban J connectivity index is 1.64. The molecule has 0 saturated heterocycles. The Kier molecular flexibility index (Phi) is 3.95. The molecule has 1 fully saturated rings. The molecule has 0 bridgehead atoms. The van der Waals surface area contributed by atoms with Crippen LogP contribution in [0.2, 0.25) is 0 Å². The minimum Gasteiger partial charge on any atom is -0.387 e. The van der Waals surface area contributed by atoms with Crippen LogP contribution in [0.25, 0.3) is 10.9 Å². The van der Waals surface area contributed by atoms with Crippen LogP contribution in [0.4, 0.5) is 0 Å². The molecule has 0 aliphatic heterocycles. The molecule has 2 aromatic rings. The number of hydrogen-bond acceptors (Lipinski definition) is 3. The van der Waals surface area contributed by atoms with Crippen molar-refractivity contribution in [1.82, 2.24) is 10.3 Å². The van der Waals surface area contributed by atoms with E-state index in [-0.39, 0.29) is 11.2 Å². The van der Waals surface area contributed by atoms with Gasteiger partial charge in [0.25, 0.3) is 5.91 Å².